The van der Waals surface area contributed by atoms with E-state index in [0.29, 0.717) is 30.9 Å². The molecule has 0 aromatic heterocycles. The molecule has 0 atom stereocenters. The summed E-state index contributed by atoms with van der Waals surface area (Å²) in [6.45, 7) is 3.04. The van der Waals surface area contributed by atoms with Crippen molar-refractivity contribution in [2.75, 3.05) is 13.2 Å². The van der Waals surface area contributed by atoms with E-state index in [9.17, 15) is 30.7 Å². The molecule has 12 heteroatoms. The molecule has 4 aromatic carbocycles. The van der Waals surface area contributed by atoms with Crippen LogP contribution in [0.4, 0.5) is 39.5 Å². The van der Waals surface area contributed by atoms with Gasteiger partial charge in [-0.15, -0.1) is 0 Å². The van der Waals surface area contributed by atoms with E-state index < -0.39 is 75.6 Å². The molecular weight excluding hydrogens is 615 g/mol. The quantitative estimate of drug-likeness (QED) is 0.135. The van der Waals surface area contributed by atoms with E-state index in [1.807, 2.05) is 0 Å². The van der Waals surface area contributed by atoms with Crippen LogP contribution in [0.25, 0.3) is 22.3 Å². The Morgan fingerprint density at radius 2 is 1.24 bits per heavy atom. The zero-order valence-corrected chi connectivity index (χ0v) is 23.6. The predicted octanol–water partition coefficient (Wildman–Crippen LogP) is 9.97. The van der Waals surface area contributed by atoms with Gasteiger partial charge in [0.15, 0.2) is 23.7 Å². The Balaban J connectivity index is 1.35. The number of hydrogen-bond acceptors (Lipinski definition) is 3. The first-order valence-corrected chi connectivity index (χ1v) is 13.9. The van der Waals surface area contributed by atoms with Crippen molar-refractivity contribution < 1.29 is 53.7 Å². The highest BCUT2D eigenvalue weighted by Crippen LogP contribution is 2.39. The summed E-state index contributed by atoms with van der Waals surface area (Å²) >= 11 is 0. The Hall–Kier alpha value is -4.03. The Morgan fingerprint density at radius 1 is 0.689 bits per heavy atom. The first-order chi connectivity index (χ1) is 21.4. The van der Waals surface area contributed by atoms with E-state index >= 15 is 8.78 Å². The summed E-state index contributed by atoms with van der Waals surface area (Å²) in [5.74, 6) is -12.2. The van der Waals surface area contributed by atoms with Crippen LogP contribution in [0.2, 0.25) is 0 Å². The molecule has 1 saturated heterocycles. The number of hydrogen-bond donors (Lipinski definition) is 0. The van der Waals surface area contributed by atoms with Crippen molar-refractivity contribution in [3.8, 4) is 28.0 Å². The molecule has 3 nitrogen and oxygen atoms in total. The molecule has 0 saturated carbocycles. The van der Waals surface area contributed by atoms with Crippen LogP contribution < -0.4 is 4.74 Å². The summed E-state index contributed by atoms with van der Waals surface area (Å²) in [4.78, 5) is 0. The van der Waals surface area contributed by atoms with Gasteiger partial charge in [-0.05, 0) is 41.8 Å². The highest BCUT2D eigenvalue weighted by atomic mass is 19.3. The number of ether oxygens (including phenoxy) is 3. The summed E-state index contributed by atoms with van der Waals surface area (Å²) in [6.07, 6.45) is -2.50. The summed E-state index contributed by atoms with van der Waals surface area (Å²) in [7, 11) is 0. The molecule has 0 radical (unpaired) electrons. The van der Waals surface area contributed by atoms with Crippen LogP contribution in [0.3, 0.4) is 0 Å². The second-order valence-corrected chi connectivity index (χ2v) is 10.6. The largest absolute Gasteiger partial charge is 0.432 e. The van der Waals surface area contributed by atoms with Crippen LogP contribution >= 0.6 is 0 Å². The molecule has 0 spiro atoms. The third-order valence-electron chi connectivity index (χ3n) is 7.33. The van der Waals surface area contributed by atoms with E-state index in [1.54, 1.807) is 6.07 Å². The highest BCUT2D eigenvalue weighted by molar-refractivity contribution is 5.72. The van der Waals surface area contributed by atoms with Gasteiger partial charge < -0.3 is 14.2 Å². The van der Waals surface area contributed by atoms with Gasteiger partial charge in [0.05, 0.1) is 13.2 Å². The lowest BCUT2D eigenvalue weighted by atomic mass is 9.97. The van der Waals surface area contributed by atoms with E-state index in [0.717, 1.165) is 31.4 Å². The van der Waals surface area contributed by atoms with E-state index in [-0.39, 0.29) is 29.2 Å². The lowest BCUT2D eigenvalue weighted by Gasteiger charge is -2.29. The van der Waals surface area contributed by atoms with E-state index in [2.05, 4.69) is 11.7 Å². The maximum atomic E-state index is 15.2. The van der Waals surface area contributed by atoms with E-state index in [4.69, 9.17) is 9.47 Å². The van der Waals surface area contributed by atoms with Gasteiger partial charge in [0.2, 0.25) is 0 Å². The van der Waals surface area contributed by atoms with Gasteiger partial charge in [0, 0.05) is 34.7 Å². The molecule has 1 aliphatic rings. The average Bonchev–Trinajstić information content (AvgIpc) is 2.98. The topological polar surface area (TPSA) is 27.7 Å². The van der Waals surface area contributed by atoms with Gasteiger partial charge in [0.25, 0.3) is 0 Å². The standard InChI is InChI=1S/C33H25F9O3/c1-2-3-4-17-15-43-32(44-16-17)19-6-8-22(25(35)10-19)18-5-7-23(24(34)9-18)20-11-26(36)30(27(37)12-20)33(41,42)45-21-13-28(38)31(40)29(39)14-21/h5-14,17,32H,2-4,15-16H2,1H3. The number of alkyl halides is 2. The van der Waals surface area contributed by atoms with Crippen LogP contribution in [0.5, 0.6) is 5.75 Å². The Labute approximate surface area is 252 Å². The third-order valence-corrected chi connectivity index (χ3v) is 7.33. The second kappa shape index (κ2) is 13.1. The molecule has 0 bridgehead atoms. The minimum atomic E-state index is -4.81. The minimum absolute atomic E-state index is 0.0130. The molecule has 0 amide bonds. The molecule has 0 N–H and O–H groups in total. The van der Waals surface area contributed by atoms with Crippen molar-refractivity contribution in [2.24, 2.45) is 5.92 Å². The molecule has 0 aliphatic carbocycles. The Kier molecular flexibility index (Phi) is 9.45. The zero-order chi connectivity index (χ0) is 32.5. The fraction of sp³-hybridized carbons (Fsp3) is 0.273. The smallest absolute Gasteiger partial charge is 0.429 e. The Bertz CT molecular complexity index is 1660. The fourth-order valence-corrected chi connectivity index (χ4v) is 5.02. The van der Waals surface area contributed by atoms with Gasteiger partial charge in [-0.1, -0.05) is 44.0 Å². The van der Waals surface area contributed by atoms with Gasteiger partial charge in [-0.25, -0.2) is 30.7 Å². The van der Waals surface area contributed by atoms with Crippen molar-refractivity contribution in [1.82, 2.24) is 0 Å². The van der Waals surface area contributed by atoms with Crippen LogP contribution in [-0.2, 0) is 15.6 Å². The first kappa shape index (κ1) is 32.4. The SMILES string of the molecule is CCCCC1COC(c2ccc(-c3ccc(-c4cc(F)c(C(F)(F)Oc5cc(F)c(F)c(F)c5)c(F)c4)c(F)c3)c(F)c2)OC1. The summed E-state index contributed by atoms with van der Waals surface area (Å²) in [5, 5.41) is 0. The molecule has 1 heterocycles. The minimum Gasteiger partial charge on any atom is -0.429 e. The first-order valence-electron chi connectivity index (χ1n) is 13.9. The fourth-order valence-electron chi connectivity index (χ4n) is 5.02. The maximum absolute atomic E-state index is 15.2. The number of benzene rings is 4. The zero-order valence-electron chi connectivity index (χ0n) is 23.6. The van der Waals surface area contributed by atoms with Crippen LogP contribution in [-0.4, -0.2) is 13.2 Å². The van der Waals surface area contributed by atoms with Crippen LogP contribution in [0.15, 0.2) is 60.7 Å². The van der Waals surface area contributed by atoms with Crippen molar-refractivity contribution in [1.29, 1.82) is 0 Å². The molecule has 5 rings (SSSR count). The van der Waals surface area contributed by atoms with Gasteiger partial charge in [-0.2, -0.15) is 8.78 Å². The van der Waals surface area contributed by atoms with Gasteiger partial charge in [-0.3, -0.25) is 0 Å². The van der Waals surface area contributed by atoms with Crippen molar-refractivity contribution in [3.63, 3.8) is 0 Å². The molecule has 0 unspecified atom stereocenters. The van der Waals surface area contributed by atoms with E-state index in [1.165, 1.54) is 18.2 Å². The summed E-state index contributed by atoms with van der Waals surface area (Å²) in [6, 6.07) is 8.44. The number of rotatable bonds is 9. The van der Waals surface area contributed by atoms with Crippen molar-refractivity contribution >= 4 is 0 Å². The molecule has 238 valence electrons. The lowest BCUT2D eigenvalue weighted by Crippen LogP contribution is -2.27. The third kappa shape index (κ3) is 6.96. The summed E-state index contributed by atoms with van der Waals surface area (Å²) in [5.41, 5.74) is -2.27. The molecular formula is C33H25F9O3. The number of unbranched alkanes of at least 4 members (excludes halogenated alkanes) is 1. The highest BCUT2D eigenvalue weighted by Gasteiger charge is 2.41. The van der Waals surface area contributed by atoms with Crippen LogP contribution in [0, 0.1) is 46.6 Å². The maximum Gasteiger partial charge on any atom is 0.432 e. The number of halogens is 9. The Morgan fingerprint density at radius 3 is 1.82 bits per heavy atom. The second-order valence-electron chi connectivity index (χ2n) is 10.6. The lowest BCUT2D eigenvalue weighted by molar-refractivity contribution is -0.206. The molecule has 1 fully saturated rings. The predicted molar refractivity (Wildman–Crippen MR) is 146 cm³/mol. The summed E-state index contributed by atoms with van der Waals surface area (Å²) < 4.78 is 145. The van der Waals surface area contributed by atoms with Gasteiger partial charge >= 0.3 is 6.11 Å². The van der Waals surface area contributed by atoms with Crippen molar-refractivity contribution in [2.45, 2.75) is 38.6 Å². The molecule has 1 aliphatic heterocycles. The van der Waals surface area contributed by atoms with Crippen LogP contribution in [0.1, 0.15) is 43.6 Å². The van der Waals surface area contributed by atoms with Crippen molar-refractivity contribution in [3.05, 3.63) is 113 Å². The monoisotopic (exact) mass is 640 g/mol. The average molecular weight is 641 g/mol. The normalized spacial score (nSPS) is 17.0. The molecule has 4 aromatic rings. The van der Waals surface area contributed by atoms with Gasteiger partial charge in [0.1, 0.15) is 34.6 Å². The molecule has 45 heavy (non-hydrogen) atoms.